The van der Waals surface area contributed by atoms with Gasteiger partial charge in [-0.3, -0.25) is 9.59 Å². The van der Waals surface area contributed by atoms with Gasteiger partial charge in [-0.1, -0.05) is 6.07 Å². The third-order valence-electron chi connectivity index (χ3n) is 2.58. The Bertz CT molecular complexity index is 553. The molecule has 0 fully saturated rings. The van der Waals surface area contributed by atoms with Crippen molar-refractivity contribution in [1.82, 2.24) is 5.32 Å². The van der Waals surface area contributed by atoms with Gasteiger partial charge >= 0.3 is 6.18 Å². The van der Waals surface area contributed by atoms with Crippen molar-refractivity contribution in [2.24, 2.45) is 5.73 Å². The van der Waals surface area contributed by atoms with E-state index in [9.17, 15) is 22.8 Å². The van der Waals surface area contributed by atoms with Crippen molar-refractivity contribution >= 4 is 29.9 Å². The topological polar surface area (TPSA) is 93.5 Å². The molecule has 23 heavy (non-hydrogen) atoms. The Morgan fingerprint density at radius 3 is 2.48 bits per heavy atom. The molecule has 0 aromatic heterocycles. The van der Waals surface area contributed by atoms with Crippen molar-refractivity contribution in [2.75, 3.05) is 25.0 Å². The van der Waals surface area contributed by atoms with Gasteiger partial charge in [0.25, 0.3) is 0 Å². The molecule has 0 spiro atoms. The zero-order chi connectivity index (χ0) is 16.8. The Balaban J connectivity index is 0.00000484. The lowest BCUT2D eigenvalue weighted by Crippen LogP contribution is -2.36. The molecular formula is C13H17ClF3N3O3. The molecule has 2 amide bonds. The largest absolute Gasteiger partial charge is 0.484 e. The molecule has 10 heteroatoms. The normalized spacial score (nSPS) is 10.5. The van der Waals surface area contributed by atoms with Crippen molar-refractivity contribution in [3.63, 3.8) is 0 Å². The zero-order valence-electron chi connectivity index (χ0n) is 12.2. The molecule has 0 bridgehead atoms. The summed E-state index contributed by atoms with van der Waals surface area (Å²) in [5.41, 5.74) is 5.72. The minimum Gasteiger partial charge on any atom is -0.484 e. The Hall–Kier alpha value is -2.00. The van der Waals surface area contributed by atoms with Gasteiger partial charge < -0.3 is 21.1 Å². The summed E-state index contributed by atoms with van der Waals surface area (Å²) >= 11 is 0. The third kappa shape index (κ3) is 7.71. The summed E-state index contributed by atoms with van der Waals surface area (Å²) in [5.74, 6) is -1.01. The lowest BCUT2D eigenvalue weighted by molar-refractivity contribution is -0.153. The van der Waals surface area contributed by atoms with E-state index < -0.39 is 24.6 Å². The van der Waals surface area contributed by atoms with E-state index in [2.05, 4.69) is 15.4 Å². The maximum absolute atomic E-state index is 12.1. The first-order valence-corrected chi connectivity index (χ1v) is 6.28. The van der Waals surface area contributed by atoms with Crippen LogP contribution >= 0.6 is 12.4 Å². The van der Waals surface area contributed by atoms with Gasteiger partial charge in [-0.2, -0.15) is 13.2 Å². The summed E-state index contributed by atoms with van der Waals surface area (Å²) in [4.78, 5) is 22.6. The first-order valence-electron chi connectivity index (χ1n) is 6.28. The number of carbonyl (C=O) groups is 2. The molecule has 1 aromatic carbocycles. The van der Waals surface area contributed by atoms with Gasteiger partial charge in [-0.15, -0.1) is 12.4 Å². The number of nitrogens with two attached hydrogens (primary N) is 1. The minimum absolute atomic E-state index is 0. The predicted octanol–water partition coefficient (Wildman–Crippen LogP) is 1.37. The summed E-state index contributed by atoms with van der Waals surface area (Å²) in [6.45, 7) is -0.437. The van der Waals surface area contributed by atoms with Crippen LogP contribution in [0.1, 0.15) is 5.56 Å². The fourth-order valence-electron chi connectivity index (χ4n) is 1.51. The number of halogens is 4. The average molecular weight is 356 g/mol. The number of hydrogen-bond donors (Lipinski definition) is 3. The summed E-state index contributed by atoms with van der Waals surface area (Å²) < 4.78 is 41.1. The number of hydrogen-bond acceptors (Lipinski definition) is 4. The van der Waals surface area contributed by atoms with Crippen LogP contribution in [0.4, 0.5) is 18.9 Å². The molecule has 1 rings (SSSR count). The van der Waals surface area contributed by atoms with E-state index in [0.717, 1.165) is 0 Å². The molecule has 6 nitrogen and oxygen atoms in total. The number of nitrogens with one attached hydrogen (secondary N) is 2. The van der Waals surface area contributed by atoms with Gasteiger partial charge in [-0.25, -0.2) is 0 Å². The highest BCUT2D eigenvalue weighted by atomic mass is 35.5. The van der Waals surface area contributed by atoms with Crippen LogP contribution in [0.25, 0.3) is 0 Å². The Kier molecular flexibility index (Phi) is 8.41. The maximum atomic E-state index is 12.1. The second-order valence-corrected chi connectivity index (χ2v) is 4.36. The lowest BCUT2D eigenvalue weighted by atomic mass is 10.2. The summed E-state index contributed by atoms with van der Waals surface area (Å²) in [7, 11) is 0. The van der Waals surface area contributed by atoms with Gasteiger partial charge in [0.15, 0.2) is 6.61 Å². The van der Waals surface area contributed by atoms with Crippen molar-refractivity contribution in [2.45, 2.75) is 13.1 Å². The van der Waals surface area contributed by atoms with Crippen LogP contribution < -0.4 is 21.1 Å². The van der Waals surface area contributed by atoms with Crippen LogP contribution in [-0.2, 0) is 9.59 Å². The molecule has 0 saturated heterocycles. The molecule has 0 aliphatic rings. The van der Waals surface area contributed by atoms with Crippen molar-refractivity contribution in [3.05, 3.63) is 23.8 Å². The summed E-state index contributed by atoms with van der Waals surface area (Å²) in [6.07, 6.45) is -4.45. The Labute approximate surface area is 137 Å². The predicted molar refractivity (Wildman–Crippen MR) is 80.7 cm³/mol. The maximum Gasteiger partial charge on any atom is 0.422 e. The van der Waals surface area contributed by atoms with E-state index in [-0.39, 0.29) is 31.2 Å². The van der Waals surface area contributed by atoms with E-state index in [1.807, 2.05) is 0 Å². The first-order chi connectivity index (χ1) is 10.2. The molecule has 130 valence electrons. The number of carbonyl (C=O) groups excluding carboxylic acids is 2. The van der Waals surface area contributed by atoms with Gasteiger partial charge in [0.2, 0.25) is 11.8 Å². The first kappa shape index (κ1) is 21.0. The highest BCUT2D eigenvalue weighted by Gasteiger charge is 2.28. The zero-order valence-corrected chi connectivity index (χ0v) is 13.0. The van der Waals surface area contributed by atoms with Gasteiger partial charge in [0, 0.05) is 11.3 Å². The molecule has 0 radical (unpaired) electrons. The molecule has 1 aromatic rings. The number of benzene rings is 1. The van der Waals surface area contributed by atoms with Crippen molar-refractivity contribution in [3.8, 4) is 5.75 Å². The van der Waals surface area contributed by atoms with Crippen LogP contribution in [0, 0.1) is 6.92 Å². The number of ether oxygens (including phenoxy) is 1. The van der Waals surface area contributed by atoms with E-state index in [0.29, 0.717) is 11.3 Å². The molecular weight excluding hydrogens is 339 g/mol. The molecule has 4 N–H and O–H groups in total. The fourth-order valence-corrected chi connectivity index (χ4v) is 1.51. The number of anilines is 1. The van der Waals surface area contributed by atoms with E-state index in [1.54, 1.807) is 0 Å². The molecule has 0 aliphatic heterocycles. The summed E-state index contributed by atoms with van der Waals surface area (Å²) in [6, 6.07) is 4.33. The van der Waals surface area contributed by atoms with Crippen LogP contribution in [0.2, 0.25) is 0 Å². The molecule has 0 aliphatic carbocycles. The van der Waals surface area contributed by atoms with Gasteiger partial charge in [0.05, 0.1) is 13.1 Å². The van der Waals surface area contributed by atoms with E-state index in [1.165, 1.54) is 25.1 Å². The van der Waals surface area contributed by atoms with Crippen LogP contribution in [0.5, 0.6) is 5.75 Å². The summed E-state index contributed by atoms with van der Waals surface area (Å²) in [5, 5.41) is 4.75. The van der Waals surface area contributed by atoms with Crippen LogP contribution in [0.15, 0.2) is 18.2 Å². The average Bonchev–Trinajstić information content (AvgIpc) is 2.44. The second kappa shape index (κ2) is 9.21. The smallest absolute Gasteiger partial charge is 0.422 e. The van der Waals surface area contributed by atoms with Gasteiger partial charge in [0.1, 0.15) is 5.75 Å². The van der Waals surface area contributed by atoms with Crippen molar-refractivity contribution in [1.29, 1.82) is 0 Å². The van der Waals surface area contributed by atoms with Crippen LogP contribution in [0.3, 0.4) is 0 Å². The third-order valence-corrected chi connectivity index (χ3v) is 2.58. The fraction of sp³-hybridized carbons (Fsp3) is 0.385. The van der Waals surface area contributed by atoms with Gasteiger partial charge in [-0.05, 0) is 19.1 Å². The number of amides is 2. The van der Waals surface area contributed by atoms with Crippen LogP contribution in [-0.4, -0.2) is 37.7 Å². The number of alkyl halides is 3. The minimum atomic E-state index is -4.45. The second-order valence-electron chi connectivity index (χ2n) is 4.36. The molecule has 0 atom stereocenters. The monoisotopic (exact) mass is 355 g/mol. The Morgan fingerprint density at radius 2 is 1.91 bits per heavy atom. The molecule has 0 saturated carbocycles. The van der Waals surface area contributed by atoms with Crippen molar-refractivity contribution < 1.29 is 27.5 Å². The van der Waals surface area contributed by atoms with E-state index >= 15 is 0 Å². The SMILES string of the molecule is Cc1c(NC(=O)CNC(=O)CN)cccc1OCC(F)(F)F.Cl. The van der Waals surface area contributed by atoms with E-state index in [4.69, 9.17) is 5.73 Å². The lowest BCUT2D eigenvalue weighted by Gasteiger charge is -2.14. The standard InChI is InChI=1S/C13H16F3N3O3.ClH/c1-8-9(19-12(21)6-18-11(20)5-17)3-2-4-10(8)22-7-13(14,15)16;/h2-4H,5-7,17H2,1H3,(H,18,20)(H,19,21);1H. The molecule has 0 unspecified atom stereocenters. The quantitative estimate of drug-likeness (QED) is 0.718. The highest BCUT2D eigenvalue weighted by Crippen LogP contribution is 2.27. The highest BCUT2D eigenvalue weighted by molar-refractivity contribution is 5.95. The number of rotatable bonds is 6. The molecule has 0 heterocycles. The Morgan fingerprint density at radius 1 is 1.26 bits per heavy atom.